The summed E-state index contributed by atoms with van der Waals surface area (Å²) in [6, 6.07) is 0.0198. The molecule has 2 N–H and O–H groups in total. The average Bonchev–Trinajstić information content (AvgIpc) is 2.70. The molecular formula is C10H16N4O. The smallest absolute Gasteiger partial charge is 0.224 e. The Bertz CT molecular complexity index is 360. The molecular weight excluding hydrogens is 192 g/mol. The van der Waals surface area contributed by atoms with Crippen molar-refractivity contribution in [1.29, 1.82) is 0 Å². The van der Waals surface area contributed by atoms with E-state index in [9.17, 15) is 4.79 Å². The largest absolute Gasteiger partial charge is 0.341 e. The van der Waals surface area contributed by atoms with E-state index in [1.54, 1.807) is 4.68 Å². The molecule has 5 nitrogen and oxygen atoms in total. The summed E-state index contributed by atoms with van der Waals surface area (Å²) >= 11 is 0. The van der Waals surface area contributed by atoms with Crippen molar-refractivity contribution < 1.29 is 4.79 Å². The molecule has 1 amide bonds. The van der Waals surface area contributed by atoms with E-state index in [2.05, 4.69) is 5.10 Å². The molecule has 1 aliphatic rings. The number of nitrogens with zero attached hydrogens (tertiary/aromatic N) is 3. The first-order valence-electron chi connectivity index (χ1n) is 5.16. The summed E-state index contributed by atoms with van der Waals surface area (Å²) in [5.41, 5.74) is 6.87. The summed E-state index contributed by atoms with van der Waals surface area (Å²) in [7, 11) is 1.89. The second kappa shape index (κ2) is 4.02. The van der Waals surface area contributed by atoms with Gasteiger partial charge in [-0.25, -0.2) is 0 Å². The van der Waals surface area contributed by atoms with Crippen LogP contribution in [-0.2, 0) is 18.3 Å². The molecule has 1 aliphatic heterocycles. The normalized spacial score (nSPS) is 21.3. The van der Waals surface area contributed by atoms with Crippen LogP contribution >= 0.6 is 0 Å². The van der Waals surface area contributed by atoms with Crippen LogP contribution in [0.2, 0.25) is 0 Å². The van der Waals surface area contributed by atoms with Gasteiger partial charge >= 0.3 is 0 Å². The fraction of sp³-hybridized carbons (Fsp3) is 0.600. The Balaban J connectivity index is 1.86. The summed E-state index contributed by atoms with van der Waals surface area (Å²) in [5.74, 6) is 0.173. The number of carbonyl (C=O) groups excluding carboxylic acids is 1. The number of carbonyl (C=O) groups is 1. The van der Waals surface area contributed by atoms with Gasteiger partial charge in [0.15, 0.2) is 0 Å². The van der Waals surface area contributed by atoms with Crippen LogP contribution in [0.25, 0.3) is 0 Å². The van der Waals surface area contributed by atoms with Gasteiger partial charge in [-0.05, 0) is 12.0 Å². The van der Waals surface area contributed by atoms with E-state index in [1.165, 1.54) is 0 Å². The Morgan fingerprint density at radius 2 is 2.47 bits per heavy atom. The molecule has 2 heterocycles. The van der Waals surface area contributed by atoms with Crippen molar-refractivity contribution in [2.24, 2.45) is 12.8 Å². The van der Waals surface area contributed by atoms with Gasteiger partial charge in [-0.1, -0.05) is 0 Å². The number of nitrogens with two attached hydrogens (primary N) is 1. The number of likely N-dealkylation sites (tertiary alicyclic amines) is 1. The van der Waals surface area contributed by atoms with Crippen molar-refractivity contribution in [1.82, 2.24) is 14.7 Å². The lowest BCUT2D eigenvalue weighted by molar-refractivity contribution is -0.127. The Hall–Kier alpha value is -1.36. The van der Waals surface area contributed by atoms with Gasteiger partial charge in [-0.2, -0.15) is 5.10 Å². The van der Waals surface area contributed by atoms with Crippen LogP contribution in [0.5, 0.6) is 0 Å². The van der Waals surface area contributed by atoms with Gasteiger partial charge in [-0.3, -0.25) is 9.48 Å². The zero-order valence-corrected chi connectivity index (χ0v) is 8.89. The standard InChI is InChI=1S/C10H16N4O/c1-13-6-8(5-12-13)2-3-14-7-9(11)4-10(14)15/h5-6,9H,2-4,7,11H2,1H3. The highest BCUT2D eigenvalue weighted by atomic mass is 16.2. The van der Waals surface area contributed by atoms with Crippen LogP contribution in [0.1, 0.15) is 12.0 Å². The maximum Gasteiger partial charge on any atom is 0.224 e. The molecule has 1 atom stereocenters. The second-order valence-corrected chi connectivity index (χ2v) is 4.08. The lowest BCUT2D eigenvalue weighted by Gasteiger charge is -2.14. The lowest BCUT2D eigenvalue weighted by Crippen LogP contribution is -2.30. The number of hydrogen-bond donors (Lipinski definition) is 1. The molecule has 1 unspecified atom stereocenters. The summed E-state index contributed by atoms with van der Waals surface area (Å²) in [5, 5.41) is 4.08. The minimum Gasteiger partial charge on any atom is -0.341 e. The molecule has 5 heteroatoms. The molecule has 1 fully saturated rings. The van der Waals surface area contributed by atoms with Gasteiger partial charge in [0.25, 0.3) is 0 Å². The zero-order chi connectivity index (χ0) is 10.8. The molecule has 1 saturated heterocycles. The first-order valence-corrected chi connectivity index (χ1v) is 5.16. The maximum atomic E-state index is 11.4. The molecule has 0 bridgehead atoms. The van der Waals surface area contributed by atoms with E-state index in [4.69, 9.17) is 5.73 Å². The van der Waals surface area contributed by atoms with Gasteiger partial charge < -0.3 is 10.6 Å². The molecule has 0 aromatic carbocycles. The third-order valence-electron chi connectivity index (χ3n) is 2.67. The third-order valence-corrected chi connectivity index (χ3v) is 2.67. The molecule has 1 aromatic rings. The van der Waals surface area contributed by atoms with Crippen molar-refractivity contribution in [3.05, 3.63) is 18.0 Å². The van der Waals surface area contributed by atoms with Crippen LogP contribution in [0, 0.1) is 0 Å². The predicted octanol–water partition coefficient (Wildman–Crippen LogP) is -0.478. The number of aryl methyl sites for hydroxylation is 1. The highest BCUT2D eigenvalue weighted by molar-refractivity contribution is 5.79. The molecule has 0 saturated carbocycles. The summed E-state index contributed by atoms with van der Waals surface area (Å²) in [4.78, 5) is 13.3. The summed E-state index contributed by atoms with van der Waals surface area (Å²) in [6.45, 7) is 1.44. The van der Waals surface area contributed by atoms with Gasteiger partial charge in [-0.15, -0.1) is 0 Å². The van der Waals surface area contributed by atoms with Gasteiger partial charge in [0.1, 0.15) is 0 Å². The minimum atomic E-state index is 0.0198. The van der Waals surface area contributed by atoms with Gasteiger partial charge in [0, 0.05) is 38.8 Å². The molecule has 82 valence electrons. The molecule has 1 aromatic heterocycles. The van der Waals surface area contributed by atoms with E-state index in [1.807, 2.05) is 24.3 Å². The zero-order valence-electron chi connectivity index (χ0n) is 8.89. The van der Waals surface area contributed by atoms with Crippen molar-refractivity contribution in [2.45, 2.75) is 18.9 Å². The number of amides is 1. The maximum absolute atomic E-state index is 11.4. The highest BCUT2D eigenvalue weighted by Crippen LogP contribution is 2.10. The number of rotatable bonds is 3. The molecule has 2 rings (SSSR count). The number of hydrogen-bond acceptors (Lipinski definition) is 3. The highest BCUT2D eigenvalue weighted by Gasteiger charge is 2.26. The van der Waals surface area contributed by atoms with Crippen LogP contribution in [0.3, 0.4) is 0 Å². The molecule has 15 heavy (non-hydrogen) atoms. The van der Waals surface area contributed by atoms with E-state index in [0.29, 0.717) is 13.0 Å². The number of aromatic nitrogens is 2. The van der Waals surface area contributed by atoms with E-state index >= 15 is 0 Å². The first-order chi connectivity index (χ1) is 7.15. The van der Waals surface area contributed by atoms with Gasteiger partial charge in [0.05, 0.1) is 6.20 Å². The first kappa shape index (κ1) is 10.2. The quantitative estimate of drug-likeness (QED) is 0.730. The monoisotopic (exact) mass is 208 g/mol. The van der Waals surface area contributed by atoms with Crippen molar-refractivity contribution in [3.8, 4) is 0 Å². The average molecular weight is 208 g/mol. The van der Waals surface area contributed by atoms with E-state index in [0.717, 1.165) is 18.5 Å². The fourth-order valence-corrected chi connectivity index (χ4v) is 1.88. The predicted molar refractivity (Wildman–Crippen MR) is 56.1 cm³/mol. The van der Waals surface area contributed by atoms with E-state index in [-0.39, 0.29) is 11.9 Å². The van der Waals surface area contributed by atoms with Crippen LogP contribution in [-0.4, -0.2) is 39.7 Å². The fourth-order valence-electron chi connectivity index (χ4n) is 1.88. The topological polar surface area (TPSA) is 64.2 Å². The van der Waals surface area contributed by atoms with Crippen LogP contribution in [0.15, 0.2) is 12.4 Å². The molecule has 0 radical (unpaired) electrons. The minimum absolute atomic E-state index is 0.0198. The Kier molecular flexibility index (Phi) is 2.73. The van der Waals surface area contributed by atoms with Crippen LogP contribution in [0.4, 0.5) is 0 Å². The summed E-state index contributed by atoms with van der Waals surface area (Å²) < 4.78 is 1.77. The Labute approximate surface area is 88.8 Å². The van der Waals surface area contributed by atoms with E-state index < -0.39 is 0 Å². The SMILES string of the molecule is Cn1cc(CCN2CC(N)CC2=O)cn1. The Morgan fingerprint density at radius 3 is 3.00 bits per heavy atom. The van der Waals surface area contributed by atoms with Gasteiger partial charge in [0.2, 0.25) is 5.91 Å². The second-order valence-electron chi connectivity index (χ2n) is 4.08. The van der Waals surface area contributed by atoms with Crippen molar-refractivity contribution >= 4 is 5.91 Å². The van der Waals surface area contributed by atoms with Crippen LogP contribution < -0.4 is 5.73 Å². The lowest BCUT2D eigenvalue weighted by atomic mass is 10.2. The van der Waals surface area contributed by atoms with Crippen molar-refractivity contribution in [3.63, 3.8) is 0 Å². The van der Waals surface area contributed by atoms with Crippen molar-refractivity contribution in [2.75, 3.05) is 13.1 Å². The third kappa shape index (κ3) is 2.36. The molecule has 0 spiro atoms. The Morgan fingerprint density at radius 1 is 1.67 bits per heavy atom. The molecule has 0 aliphatic carbocycles. The summed E-state index contributed by atoms with van der Waals surface area (Å²) in [6.07, 6.45) is 5.15.